The van der Waals surface area contributed by atoms with E-state index in [4.69, 9.17) is 1.37 Å². The lowest BCUT2D eigenvalue weighted by molar-refractivity contribution is -0.147. The largest absolute Gasteiger partial charge is 0.348 e. The molecule has 0 spiro atoms. The second kappa shape index (κ2) is 5.16. The molecule has 1 saturated heterocycles. The summed E-state index contributed by atoms with van der Waals surface area (Å²) in [5.74, 6) is -1.74. The molecule has 0 bridgehead atoms. The van der Waals surface area contributed by atoms with Crippen molar-refractivity contribution in [3.63, 3.8) is 0 Å². The van der Waals surface area contributed by atoms with Crippen LogP contribution in [0, 0.1) is 0 Å². The van der Waals surface area contributed by atoms with Crippen molar-refractivity contribution in [2.24, 2.45) is 0 Å². The molecule has 2 N–H and O–H groups in total. The average Bonchev–Trinajstić information content (AvgIpc) is 2.89. The molecular formula is C14H18N4O3. The zero-order valence-corrected chi connectivity index (χ0v) is 12.4. The molecule has 2 rings (SSSR count). The highest BCUT2D eigenvalue weighted by Crippen LogP contribution is 2.24. The van der Waals surface area contributed by atoms with Crippen molar-refractivity contribution in [1.82, 2.24) is 20.2 Å². The van der Waals surface area contributed by atoms with E-state index in [1.54, 1.807) is 0 Å². The normalized spacial score (nSPS) is 19.2. The molecule has 1 fully saturated rings. The highest BCUT2D eigenvalue weighted by molar-refractivity contribution is 6.12. The summed E-state index contributed by atoms with van der Waals surface area (Å²) in [6.45, 7) is 6.67. The smallest absolute Gasteiger partial charge is 0.277 e. The molecule has 1 aliphatic heterocycles. The number of carbonyl (C=O) groups is 3. The molecular weight excluding hydrogens is 272 g/mol. The number of nitrogens with zero attached hydrogens (tertiary/aromatic N) is 2. The van der Waals surface area contributed by atoms with Crippen LogP contribution in [0.15, 0.2) is 12.0 Å². The van der Waals surface area contributed by atoms with Crippen LogP contribution in [0.2, 0.25) is 0 Å². The highest BCUT2D eigenvalue weighted by atomic mass is 16.2. The molecule has 0 aromatic carbocycles. The summed E-state index contributed by atoms with van der Waals surface area (Å²) in [5, 5.41) is 2.37. The van der Waals surface area contributed by atoms with E-state index in [0.717, 1.165) is 4.90 Å². The first-order chi connectivity index (χ1) is 10.1. The summed E-state index contributed by atoms with van der Waals surface area (Å²) >= 11 is 0. The molecule has 0 atom stereocenters. The maximum absolute atomic E-state index is 12.3. The van der Waals surface area contributed by atoms with Gasteiger partial charge in [0.05, 0.1) is 13.4 Å². The number of aromatic amines is 1. The van der Waals surface area contributed by atoms with Crippen LogP contribution in [0.5, 0.6) is 0 Å². The Morgan fingerprint density at radius 1 is 1.48 bits per heavy atom. The van der Waals surface area contributed by atoms with E-state index >= 15 is 0 Å². The van der Waals surface area contributed by atoms with Crippen molar-refractivity contribution in [1.29, 1.82) is 0 Å². The lowest BCUT2D eigenvalue weighted by atomic mass is 9.90. The van der Waals surface area contributed by atoms with Crippen molar-refractivity contribution in [3.05, 3.63) is 23.4 Å². The van der Waals surface area contributed by atoms with Crippen LogP contribution in [0.4, 0.5) is 0 Å². The van der Waals surface area contributed by atoms with Gasteiger partial charge in [-0.05, 0) is 6.05 Å². The van der Waals surface area contributed by atoms with E-state index in [0.29, 0.717) is 5.69 Å². The second-order valence-corrected chi connectivity index (χ2v) is 5.83. The van der Waals surface area contributed by atoms with Gasteiger partial charge in [-0.3, -0.25) is 19.3 Å². The lowest BCUT2D eigenvalue weighted by Gasteiger charge is -2.25. The number of carbonyl (C=O) groups excluding carboxylic acids is 3. The van der Waals surface area contributed by atoms with Gasteiger partial charge in [-0.2, -0.15) is 0 Å². The summed E-state index contributed by atoms with van der Waals surface area (Å²) in [6, 6.07) is -0.213. The van der Waals surface area contributed by atoms with Crippen LogP contribution in [-0.4, -0.2) is 39.1 Å². The van der Waals surface area contributed by atoms with Crippen molar-refractivity contribution in [3.8, 4) is 0 Å². The zero-order chi connectivity index (χ0) is 16.7. The molecule has 1 aliphatic rings. The molecule has 0 unspecified atom stereocenters. The van der Waals surface area contributed by atoms with Gasteiger partial charge in [0.15, 0.2) is 0 Å². The Hall–Kier alpha value is -2.44. The Kier molecular flexibility index (Phi) is 3.32. The van der Waals surface area contributed by atoms with Crippen molar-refractivity contribution in [2.75, 3.05) is 6.54 Å². The van der Waals surface area contributed by atoms with Crippen LogP contribution in [0.1, 0.15) is 40.5 Å². The first kappa shape index (κ1) is 13.5. The van der Waals surface area contributed by atoms with Gasteiger partial charge in [0.25, 0.3) is 5.91 Å². The summed E-state index contributed by atoms with van der Waals surface area (Å²) in [6.07, 6.45) is 1.43. The van der Waals surface area contributed by atoms with Crippen molar-refractivity contribution < 1.29 is 15.8 Å². The minimum atomic E-state index is -0.694. The number of H-pyrrole nitrogens is 1. The Labute approximate surface area is 123 Å². The first-order valence-electron chi connectivity index (χ1n) is 7.00. The number of hydrogen-bond donors (Lipinski definition) is 2. The van der Waals surface area contributed by atoms with Gasteiger partial charge in [-0.15, -0.1) is 0 Å². The topological polar surface area (TPSA) is 95.2 Å². The number of rotatable bonds is 1. The van der Waals surface area contributed by atoms with E-state index in [1.807, 2.05) is 20.8 Å². The van der Waals surface area contributed by atoms with Gasteiger partial charge in [0.2, 0.25) is 11.8 Å². The molecule has 3 amide bonds. The molecule has 7 nitrogen and oxygen atoms in total. The summed E-state index contributed by atoms with van der Waals surface area (Å²) in [7, 11) is 0. The van der Waals surface area contributed by atoms with Gasteiger partial charge in [0.1, 0.15) is 12.2 Å². The number of hydrogen-bond acceptors (Lipinski definition) is 4. The third-order valence-electron chi connectivity index (χ3n) is 3.04. The van der Waals surface area contributed by atoms with E-state index in [1.165, 1.54) is 13.3 Å². The number of amides is 3. The van der Waals surface area contributed by atoms with Crippen LogP contribution < -0.4 is 5.32 Å². The van der Waals surface area contributed by atoms with Crippen molar-refractivity contribution in [2.45, 2.75) is 33.1 Å². The minimum absolute atomic E-state index is 0.213. The fraction of sp³-hybridized carbons (Fsp3) is 0.429. The van der Waals surface area contributed by atoms with Crippen LogP contribution in [0.25, 0.3) is 6.05 Å². The van der Waals surface area contributed by atoms with E-state index in [9.17, 15) is 14.4 Å². The predicted octanol–water partition coefficient (Wildman–Crippen LogP) is 0.553. The second-order valence-electron chi connectivity index (χ2n) is 5.83. The molecule has 2 heterocycles. The SMILES string of the molecule is [2H]C(=C1NC(=O)CN(C(C)=O)C1=O)c1nc[nH]c1C(C)(C)C. The predicted molar refractivity (Wildman–Crippen MR) is 75.8 cm³/mol. The quantitative estimate of drug-likeness (QED) is 0.739. The molecule has 0 aliphatic carbocycles. The van der Waals surface area contributed by atoms with Gasteiger partial charge in [-0.25, -0.2) is 4.98 Å². The van der Waals surface area contributed by atoms with Crippen molar-refractivity contribution >= 4 is 23.8 Å². The Morgan fingerprint density at radius 2 is 2.14 bits per heavy atom. The van der Waals surface area contributed by atoms with Crippen LogP contribution in [-0.2, 0) is 19.8 Å². The monoisotopic (exact) mass is 291 g/mol. The molecule has 112 valence electrons. The summed E-state index contributed by atoms with van der Waals surface area (Å²) < 4.78 is 8.22. The zero-order valence-electron chi connectivity index (χ0n) is 13.4. The molecule has 0 saturated carbocycles. The molecule has 1 aromatic heterocycles. The van der Waals surface area contributed by atoms with E-state index in [-0.39, 0.29) is 29.4 Å². The Bertz CT molecular complexity index is 685. The van der Waals surface area contributed by atoms with Gasteiger partial charge >= 0.3 is 0 Å². The average molecular weight is 291 g/mol. The Balaban J connectivity index is 2.53. The summed E-state index contributed by atoms with van der Waals surface area (Å²) in [5.41, 5.74) is 0.401. The number of imide groups is 1. The number of imidazole rings is 1. The van der Waals surface area contributed by atoms with Crippen LogP contribution >= 0.6 is 0 Å². The third kappa shape index (κ3) is 3.01. The maximum atomic E-state index is 12.3. The minimum Gasteiger partial charge on any atom is -0.348 e. The fourth-order valence-corrected chi connectivity index (χ4v) is 2.00. The standard InChI is InChI=1S/C14H18N4O3/c1-8(19)18-6-11(20)17-10(13(18)21)5-9-12(14(2,3)4)16-7-15-9/h5,7H,6H2,1-4H3,(H,15,16)(H,17,20)/i5D. The third-order valence-corrected chi connectivity index (χ3v) is 3.04. The lowest BCUT2D eigenvalue weighted by Crippen LogP contribution is -2.51. The molecule has 21 heavy (non-hydrogen) atoms. The van der Waals surface area contributed by atoms with Gasteiger partial charge in [-0.1, -0.05) is 20.8 Å². The fourth-order valence-electron chi connectivity index (χ4n) is 2.00. The molecule has 1 aromatic rings. The number of aromatic nitrogens is 2. The van der Waals surface area contributed by atoms with Gasteiger partial charge in [0, 0.05) is 18.0 Å². The molecule has 7 heteroatoms. The Morgan fingerprint density at radius 3 is 2.71 bits per heavy atom. The maximum Gasteiger partial charge on any atom is 0.277 e. The van der Waals surface area contributed by atoms with Crippen LogP contribution in [0.3, 0.4) is 0 Å². The number of nitrogens with one attached hydrogen (secondary N) is 2. The summed E-state index contributed by atoms with van der Waals surface area (Å²) in [4.78, 5) is 43.3. The first-order valence-corrected chi connectivity index (χ1v) is 6.50. The van der Waals surface area contributed by atoms with E-state index in [2.05, 4.69) is 15.3 Å². The van der Waals surface area contributed by atoms with Gasteiger partial charge < -0.3 is 10.3 Å². The number of piperazine rings is 1. The highest BCUT2D eigenvalue weighted by Gasteiger charge is 2.31. The van der Waals surface area contributed by atoms with E-state index < -0.39 is 17.7 Å². The molecule has 0 radical (unpaired) electrons.